The van der Waals surface area contributed by atoms with E-state index in [0.29, 0.717) is 21.3 Å². The summed E-state index contributed by atoms with van der Waals surface area (Å²) < 4.78 is 6.09. The number of thiazole rings is 1. The van der Waals surface area contributed by atoms with Crippen molar-refractivity contribution in [2.24, 2.45) is 0 Å². The quantitative estimate of drug-likeness (QED) is 0.328. The molecule has 1 amide bonds. The van der Waals surface area contributed by atoms with Crippen molar-refractivity contribution >= 4 is 61.2 Å². The van der Waals surface area contributed by atoms with Crippen LogP contribution < -0.4 is 5.32 Å². The van der Waals surface area contributed by atoms with Gasteiger partial charge in [0.15, 0.2) is 5.76 Å². The van der Waals surface area contributed by atoms with E-state index in [2.05, 4.69) is 32.3 Å². The number of benzene rings is 1. The number of aromatic nitrogens is 1. The van der Waals surface area contributed by atoms with Crippen LogP contribution in [0.25, 0.3) is 22.2 Å². The number of halogens is 1. The summed E-state index contributed by atoms with van der Waals surface area (Å²) in [5.41, 5.74) is 1.93. The van der Waals surface area contributed by atoms with Gasteiger partial charge in [0.25, 0.3) is 5.91 Å². The molecule has 5 nitrogen and oxygen atoms in total. The van der Waals surface area contributed by atoms with Gasteiger partial charge in [-0.05, 0) is 47.4 Å². The molecule has 3 aromatic heterocycles. The highest BCUT2D eigenvalue weighted by Crippen LogP contribution is 2.38. The predicted octanol–water partition coefficient (Wildman–Crippen LogP) is 6.54. The molecule has 8 heteroatoms. The van der Waals surface area contributed by atoms with Crippen LogP contribution in [-0.4, -0.2) is 10.9 Å². The molecule has 0 fully saturated rings. The number of carbonyl (C=O) groups excluding carboxylic acids is 1. The van der Waals surface area contributed by atoms with Gasteiger partial charge in [0, 0.05) is 4.47 Å². The van der Waals surface area contributed by atoms with Gasteiger partial charge >= 0.3 is 0 Å². The maximum Gasteiger partial charge on any atom is 0.292 e. The zero-order chi connectivity index (χ0) is 20.2. The number of thiophene rings is 1. The molecule has 0 radical (unpaired) electrons. The van der Waals surface area contributed by atoms with Crippen molar-refractivity contribution < 1.29 is 9.21 Å². The third-order valence-electron chi connectivity index (χ3n) is 3.86. The lowest BCUT2D eigenvalue weighted by atomic mass is 10.1. The monoisotopic (exact) mass is 481 g/mol. The van der Waals surface area contributed by atoms with Gasteiger partial charge in [0.05, 0.1) is 16.7 Å². The Morgan fingerprint density at radius 1 is 1.24 bits per heavy atom. The SMILES string of the molecule is N#C/C(=C\c1cccc(Br)c1)c1nc(-c2cccs2)c(NC(=O)c2ccco2)s1. The topological polar surface area (TPSA) is 78.9 Å². The second kappa shape index (κ2) is 8.57. The molecule has 0 saturated heterocycles. The molecule has 0 aliphatic rings. The fourth-order valence-corrected chi connectivity index (χ4v) is 4.72. The number of furan rings is 1. The molecule has 0 unspecified atom stereocenters. The van der Waals surface area contributed by atoms with E-state index in [9.17, 15) is 10.1 Å². The molecule has 4 rings (SSSR count). The second-order valence-corrected chi connectivity index (χ2v) is 8.69. The zero-order valence-corrected chi connectivity index (χ0v) is 18.0. The molecule has 142 valence electrons. The number of nitrogens with one attached hydrogen (secondary N) is 1. The zero-order valence-electron chi connectivity index (χ0n) is 14.8. The van der Waals surface area contributed by atoms with Crippen molar-refractivity contribution in [1.29, 1.82) is 5.26 Å². The van der Waals surface area contributed by atoms with E-state index in [1.807, 2.05) is 41.8 Å². The molecule has 0 atom stereocenters. The van der Waals surface area contributed by atoms with Gasteiger partial charge in [-0.1, -0.05) is 45.5 Å². The van der Waals surface area contributed by atoms with Crippen molar-refractivity contribution in [2.75, 3.05) is 5.32 Å². The number of carbonyl (C=O) groups is 1. The molecule has 0 aliphatic heterocycles. The van der Waals surface area contributed by atoms with Gasteiger partial charge in [-0.3, -0.25) is 4.79 Å². The Labute approximate surface area is 183 Å². The van der Waals surface area contributed by atoms with Gasteiger partial charge < -0.3 is 9.73 Å². The fourth-order valence-electron chi connectivity index (χ4n) is 2.58. The Hall–Kier alpha value is -2.99. The van der Waals surface area contributed by atoms with Crippen LogP contribution in [0.4, 0.5) is 5.00 Å². The normalized spacial score (nSPS) is 11.2. The van der Waals surface area contributed by atoms with Crippen LogP contribution in [0.2, 0.25) is 0 Å². The van der Waals surface area contributed by atoms with E-state index >= 15 is 0 Å². The first-order chi connectivity index (χ1) is 14.1. The minimum absolute atomic E-state index is 0.210. The fraction of sp³-hybridized carbons (Fsp3) is 0. The van der Waals surface area contributed by atoms with Gasteiger partial charge in [-0.15, -0.1) is 11.3 Å². The molecule has 0 saturated carbocycles. The van der Waals surface area contributed by atoms with Crippen LogP contribution in [0.15, 0.2) is 69.1 Å². The summed E-state index contributed by atoms with van der Waals surface area (Å²) in [5.74, 6) is -0.153. The molecule has 0 spiro atoms. The van der Waals surface area contributed by atoms with Gasteiger partial charge in [0.1, 0.15) is 21.8 Å². The lowest BCUT2D eigenvalue weighted by Crippen LogP contribution is -2.10. The number of nitrogens with zero attached hydrogens (tertiary/aromatic N) is 2. The molecule has 1 aromatic carbocycles. The Bertz CT molecular complexity index is 1220. The van der Waals surface area contributed by atoms with Crippen LogP contribution >= 0.6 is 38.6 Å². The summed E-state index contributed by atoms with van der Waals surface area (Å²) in [7, 11) is 0. The minimum Gasteiger partial charge on any atom is -0.459 e. The Morgan fingerprint density at radius 3 is 2.83 bits per heavy atom. The average Bonchev–Trinajstić information content (AvgIpc) is 3.47. The van der Waals surface area contributed by atoms with Crippen molar-refractivity contribution in [3.8, 4) is 16.6 Å². The lowest BCUT2D eigenvalue weighted by Gasteiger charge is -2.01. The summed E-state index contributed by atoms with van der Waals surface area (Å²) in [4.78, 5) is 18.0. The van der Waals surface area contributed by atoms with E-state index in [4.69, 9.17) is 4.42 Å². The van der Waals surface area contributed by atoms with Crippen molar-refractivity contribution in [3.63, 3.8) is 0 Å². The first-order valence-electron chi connectivity index (χ1n) is 8.41. The number of allylic oxidation sites excluding steroid dienone is 1. The summed E-state index contributed by atoms with van der Waals surface area (Å²) in [6, 6.07) is 17.0. The summed E-state index contributed by atoms with van der Waals surface area (Å²) in [6.45, 7) is 0. The van der Waals surface area contributed by atoms with Crippen molar-refractivity contribution in [3.05, 3.63) is 81.0 Å². The summed E-state index contributed by atoms with van der Waals surface area (Å²) in [6.07, 6.45) is 3.22. The largest absolute Gasteiger partial charge is 0.459 e. The van der Waals surface area contributed by atoms with E-state index in [0.717, 1.165) is 14.9 Å². The maximum atomic E-state index is 12.5. The Kier molecular flexibility index (Phi) is 5.71. The molecule has 3 heterocycles. The number of nitriles is 1. The molecule has 4 aromatic rings. The van der Waals surface area contributed by atoms with Gasteiger partial charge in [-0.25, -0.2) is 4.98 Å². The van der Waals surface area contributed by atoms with Crippen molar-refractivity contribution in [1.82, 2.24) is 4.98 Å². The van der Waals surface area contributed by atoms with Gasteiger partial charge in [-0.2, -0.15) is 5.26 Å². The molecule has 0 aliphatic carbocycles. The first kappa shape index (κ1) is 19.3. The summed E-state index contributed by atoms with van der Waals surface area (Å²) in [5, 5.41) is 15.6. The highest BCUT2D eigenvalue weighted by Gasteiger charge is 2.20. The Morgan fingerprint density at radius 2 is 2.14 bits per heavy atom. The van der Waals surface area contributed by atoms with Crippen LogP contribution in [0.3, 0.4) is 0 Å². The highest BCUT2D eigenvalue weighted by atomic mass is 79.9. The number of amides is 1. The smallest absolute Gasteiger partial charge is 0.292 e. The highest BCUT2D eigenvalue weighted by molar-refractivity contribution is 9.10. The van der Waals surface area contributed by atoms with E-state index < -0.39 is 0 Å². The van der Waals surface area contributed by atoms with Crippen LogP contribution in [0.5, 0.6) is 0 Å². The third kappa shape index (κ3) is 4.38. The Balaban J connectivity index is 1.74. The third-order valence-corrected chi connectivity index (χ3v) is 6.24. The molecule has 0 bridgehead atoms. The van der Waals surface area contributed by atoms with E-state index in [1.54, 1.807) is 18.2 Å². The van der Waals surface area contributed by atoms with E-state index in [1.165, 1.54) is 28.9 Å². The number of hydrogen-bond donors (Lipinski definition) is 1. The number of rotatable bonds is 5. The number of anilines is 1. The lowest BCUT2D eigenvalue weighted by molar-refractivity contribution is 0.0997. The van der Waals surface area contributed by atoms with Crippen molar-refractivity contribution in [2.45, 2.75) is 0 Å². The standard InChI is InChI=1S/C21H12BrN3O2S2/c22-15-5-1-4-13(11-15)10-14(12-23)20-24-18(17-7-3-9-28-17)21(29-20)25-19(26)16-6-2-8-27-16/h1-11H,(H,25,26)/b14-10+. The molecule has 29 heavy (non-hydrogen) atoms. The summed E-state index contributed by atoms with van der Waals surface area (Å²) >= 11 is 6.21. The molecular formula is C21H12BrN3O2S2. The second-order valence-electron chi connectivity index (χ2n) is 5.83. The van der Waals surface area contributed by atoms with Crippen LogP contribution in [0.1, 0.15) is 21.1 Å². The average molecular weight is 482 g/mol. The molecule has 1 N–H and O–H groups in total. The minimum atomic E-state index is -0.363. The van der Waals surface area contributed by atoms with Gasteiger partial charge in [0.2, 0.25) is 0 Å². The number of hydrogen-bond acceptors (Lipinski definition) is 6. The molecular weight excluding hydrogens is 470 g/mol. The first-order valence-corrected chi connectivity index (χ1v) is 10.9. The maximum absolute atomic E-state index is 12.5. The predicted molar refractivity (Wildman–Crippen MR) is 120 cm³/mol. The van der Waals surface area contributed by atoms with E-state index in [-0.39, 0.29) is 11.7 Å². The van der Waals surface area contributed by atoms with Crippen LogP contribution in [0, 0.1) is 11.3 Å². The van der Waals surface area contributed by atoms with Crippen LogP contribution in [-0.2, 0) is 0 Å².